The van der Waals surface area contributed by atoms with Crippen molar-refractivity contribution in [2.24, 2.45) is 0 Å². The van der Waals surface area contributed by atoms with Crippen LogP contribution < -0.4 is 15.4 Å². The summed E-state index contributed by atoms with van der Waals surface area (Å²) in [4.78, 5) is 12.3. The average molecular weight is 403 g/mol. The Morgan fingerprint density at radius 3 is 2.23 bits per heavy atom. The van der Waals surface area contributed by atoms with Crippen LogP contribution in [-0.4, -0.2) is 19.1 Å². The highest BCUT2D eigenvalue weighted by Gasteiger charge is 2.12. The van der Waals surface area contributed by atoms with Gasteiger partial charge in [-0.3, -0.25) is 4.79 Å². The number of nitrogens with one attached hydrogen (secondary N) is 2. The van der Waals surface area contributed by atoms with Crippen molar-refractivity contribution in [3.05, 3.63) is 96.1 Å². The Balaban J connectivity index is 1.38. The monoisotopic (exact) mass is 402 g/mol. The maximum atomic E-state index is 12.3. The number of benzene rings is 3. The summed E-state index contributed by atoms with van der Waals surface area (Å²) < 4.78 is 5.82. The van der Waals surface area contributed by atoms with E-state index in [1.54, 1.807) is 0 Å². The normalized spacial score (nSPS) is 11.5. The molecule has 0 aliphatic carbocycles. The number of carbonyl (C=O) groups is 1. The van der Waals surface area contributed by atoms with Gasteiger partial charge in [0.25, 0.3) is 0 Å². The third-order valence-electron chi connectivity index (χ3n) is 4.97. The van der Waals surface area contributed by atoms with Gasteiger partial charge in [0.2, 0.25) is 5.91 Å². The number of hydrogen-bond acceptors (Lipinski definition) is 3. The van der Waals surface area contributed by atoms with Crippen LogP contribution in [0, 0.1) is 0 Å². The number of anilines is 1. The molecule has 156 valence electrons. The van der Waals surface area contributed by atoms with Gasteiger partial charge >= 0.3 is 0 Å². The number of amides is 1. The maximum Gasteiger partial charge on any atom is 0.239 e. The van der Waals surface area contributed by atoms with Crippen LogP contribution in [0.25, 0.3) is 0 Å². The van der Waals surface area contributed by atoms with Crippen molar-refractivity contribution in [3.63, 3.8) is 0 Å². The predicted molar refractivity (Wildman–Crippen MR) is 123 cm³/mol. The van der Waals surface area contributed by atoms with Crippen LogP contribution in [-0.2, 0) is 11.2 Å². The van der Waals surface area contributed by atoms with Crippen molar-refractivity contribution in [2.75, 3.05) is 18.5 Å². The minimum Gasteiger partial charge on any atom is -0.494 e. The van der Waals surface area contributed by atoms with Crippen molar-refractivity contribution in [1.29, 1.82) is 0 Å². The fourth-order valence-corrected chi connectivity index (χ4v) is 3.31. The molecule has 30 heavy (non-hydrogen) atoms. The molecule has 0 aromatic heterocycles. The molecule has 0 spiro atoms. The molecule has 4 heteroatoms. The smallest absolute Gasteiger partial charge is 0.239 e. The fourth-order valence-electron chi connectivity index (χ4n) is 3.31. The zero-order chi connectivity index (χ0) is 21.0. The molecule has 0 radical (unpaired) electrons. The van der Waals surface area contributed by atoms with Crippen LogP contribution in [0.4, 0.5) is 5.69 Å². The molecule has 0 bridgehead atoms. The van der Waals surface area contributed by atoms with Crippen molar-refractivity contribution in [2.45, 2.75) is 32.2 Å². The summed E-state index contributed by atoms with van der Waals surface area (Å²) in [5, 5.41) is 6.26. The SMILES string of the molecule is CCC(NC(=O)CNc1ccc(OCCCc2ccccc2)cc1)c1ccccc1. The van der Waals surface area contributed by atoms with Gasteiger partial charge in [0.1, 0.15) is 5.75 Å². The van der Waals surface area contributed by atoms with Crippen molar-refractivity contribution < 1.29 is 9.53 Å². The van der Waals surface area contributed by atoms with E-state index in [9.17, 15) is 4.79 Å². The molecule has 0 saturated carbocycles. The first-order valence-corrected chi connectivity index (χ1v) is 10.6. The van der Waals surface area contributed by atoms with E-state index < -0.39 is 0 Å². The fraction of sp³-hybridized carbons (Fsp3) is 0.269. The van der Waals surface area contributed by atoms with E-state index in [1.165, 1.54) is 5.56 Å². The van der Waals surface area contributed by atoms with Gasteiger partial charge in [-0.25, -0.2) is 0 Å². The van der Waals surface area contributed by atoms with E-state index in [1.807, 2.05) is 60.7 Å². The van der Waals surface area contributed by atoms with Gasteiger partial charge in [-0.1, -0.05) is 67.6 Å². The van der Waals surface area contributed by atoms with E-state index >= 15 is 0 Å². The molecule has 1 amide bonds. The number of hydrogen-bond donors (Lipinski definition) is 2. The topological polar surface area (TPSA) is 50.4 Å². The molecule has 2 N–H and O–H groups in total. The first-order chi connectivity index (χ1) is 14.7. The lowest BCUT2D eigenvalue weighted by Gasteiger charge is -2.18. The lowest BCUT2D eigenvalue weighted by Crippen LogP contribution is -2.33. The second kappa shape index (κ2) is 11.7. The lowest BCUT2D eigenvalue weighted by atomic mass is 10.0. The van der Waals surface area contributed by atoms with Crippen LogP contribution in [0.2, 0.25) is 0 Å². The Morgan fingerprint density at radius 1 is 0.900 bits per heavy atom. The maximum absolute atomic E-state index is 12.3. The van der Waals surface area contributed by atoms with Crippen LogP contribution in [0.1, 0.15) is 36.9 Å². The lowest BCUT2D eigenvalue weighted by molar-refractivity contribution is -0.120. The second-order valence-electron chi connectivity index (χ2n) is 7.25. The summed E-state index contributed by atoms with van der Waals surface area (Å²) in [6, 6.07) is 28.3. The summed E-state index contributed by atoms with van der Waals surface area (Å²) in [6.45, 7) is 2.99. The van der Waals surface area contributed by atoms with Crippen molar-refractivity contribution >= 4 is 11.6 Å². The highest BCUT2D eigenvalue weighted by Crippen LogP contribution is 2.17. The van der Waals surface area contributed by atoms with E-state index in [0.717, 1.165) is 36.3 Å². The summed E-state index contributed by atoms with van der Waals surface area (Å²) in [7, 11) is 0. The van der Waals surface area contributed by atoms with E-state index in [0.29, 0.717) is 6.61 Å². The molecule has 0 aliphatic rings. The zero-order valence-corrected chi connectivity index (χ0v) is 17.5. The number of aryl methyl sites for hydroxylation is 1. The molecular formula is C26H30N2O2. The minimum atomic E-state index is -0.0214. The Bertz CT molecular complexity index is 880. The molecule has 3 aromatic carbocycles. The average Bonchev–Trinajstić information content (AvgIpc) is 2.81. The second-order valence-corrected chi connectivity index (χ2v) is 7.25. The van der Waals surface area contributed by atoms with Gasteiger partial charge in [0, 0.05) is 5.69 Å². The van der Waals surface area contributed by atoms with Crippen LogP contribution in [0.5, 0.6) is 5.75 Å². The number of carbonyl (C=O) groups excluding carboxylic acids is 1. The largest absolute Gasteiger partial charge is 0.494 e. The quantitative estimate of drug-likeness (QED) is 0.424. The molecule has 4 nitrogen and oxygen atoms in total. The highest BCUT2D eigenvalue weighted by atomic mass is 16.5. The van der Waals surface area contributed by atoms with E-state index in [4.69, 9.17) is 4.74 Å². The predicted octanol–water partition coefficient (Wildman–Crippen LogP) is 5.38. The molecule has 0 heterocycles. The van der Waals surface area contributed by atoms with Gasteiger partial charge in [-0.2, -0.15) is 0 Å². The molecular weight excluding hydrogens is 372 g/mol. The highest BCUT2D eigenvalue weighted by molar-refractivity contribution is 5.81. The summed E-state index contributed by atoms with van der Waals surface area (Å²) in [5.74, 6) is 0.820. The Hall–Kier alpha value is -3.27. The summed E-state index contributed by atoms with van der Waals surface area (Å²) >= 11 is 0. The van der Waals surface area contributed by atoms with Crippen LogP contribution in [0.15, 0.2) is 84.9 Å². The summed E-state index contributed by atoms with van der Waals surface area (Å²) in [5.41, 5.74) is 3.35. The number of rotatable bonds is 11. The molecule has 1 unspecified atom stereocenters. The number of ether oxygens (including phenoxy) is 1. The summed E-state index contributed by atoms with van der Waals surface area (Å²) in [6.07, 6.45) is 2.84. The minimum absolute atomic E-state index is 0.0214. The van der Waals surface area contributed by atoms with Gasteiger partial charge in [-0.15, -0.1) is 0 Å². The molecule has 0 saturated heterocycles. The molecule has 1 atom stereocenters. The van der Waals surface area contributed by atoms with Gasteiger partial charge in [0.05, 0.1) is 19.2 Å². The molecule has 0 fully saturated rings. The Morgan fingerprint density at radius 2 is 1.57 bits per heavy atom. The van der Waals surface area contributed by atoms with Crippen LogP contribution in [0.3, 0.4) is 0 Å². The van der Waals surface area contributed by atoms with Crippen molar-refractivity contribution in [1.82, 2.24) is 5.32 Å². The third kappa shape index (κ3) is 6.96. The van der Waals surface area contributed by atoms with Gasteiger partial charge in [0.15, 0.2) is 0 Å². The molecule has 3 aromatic rings. The van der Waals surface area contributed by atoms with Crippen LogP contribution >= 0.6 is 0 Å². The first kappa shape index (κ1) is 21.4. The molecule has 0 aliphatic heterocycles. The molecule has 3 rings (SSSR count). The standard InChI is InChI=1S/C26H30N2O2/c1-2-25(22-13-7-4-8-14-22)28-26(29)20-27-23-15-17-24(18-16-23)30-19-9-12-21-10-5-3-6-11-21/h3-8,10-11,13-18,25,27H,2,9,12,19-20H2,1H3,(H,28,29). The van der Waals surface area contributed by atoms with E-state index in [2.05, 4.69) is 41.8 Å². The zero-order valence-electron chi connectivity index (χ0n) is 17.5. The van der Waals surface area contributed by atoms with E-state index in [-0.39, 0.29) is 18.5 Å². The van der Waals surface area contributed by atoms with Crippen molar-refractivity contribution in [3.8, 4) is 5.75 Å². The Kier molecular flexibility index (Phi) is 8.34. The van der Waals surface area contributed by atoms with Gasteiger partial charge in [-0.05, 0) is 54.7 Å². The Labute approximate surface area is 179 Å². The third-order valence-corrected chi connectivity index (χ3v) is 4.97. The van der Waals surface area contributed by atoms with Gasteiger partial charge < -0.3 is 15.4 Å². The first-order valence-electron chi connectivity index (χ1n) is 10.6.